The molecule has 1 atom stereocenters. The fourth-order valence-electron chi connectivity index (χ4n) is 3.29. The SMILES string of the molecule is CC(N)Cc1c(N(C)CC2CCCC2)nc2sccn12. The van der Waals surface area contributed by atoms with E-state index in [4.69, 9.17) is 10.7 Å². The molecule has 0 aliphatic heterocycles. The van der Waals surface area contributed by atoms with Crippen LogP contribution < -0.4 is 10.6 Å². The minimum absolute atomic E-state index is 0.161. The lowest BCUT2D eigenvalue weighted by molar-refractivity contribution is 0.544. The van der Waals surface area contributed by atoms with Crippen LogP contribution in [0.3, 0.4) is 0 Å². The van der Waals surface area contributed by atoms with Gasteiger partial charge in [0.25, 0.3) is 0 Å². The monoisotopic (exact) mass is 292 g/mol. The van der Waals surface area contributed by atoms with Crippen LogP contribution in [0, 0.1) is 5.92 Å². The van der Waals surface area contributed by atoms with E-state index in [0.29, 0.717) is 0 Å². The summed E-state index contributed by atoms with van der Waals surface area (Å²) < 4.78 is 2.20. The van der Waals surface area contributed by atoms with Gasteiger partial charge in [-0.15, -0.1) is 11.3 Å². The van der Waals surface area contributed by atoms with E-state index < -0.39 is 0 Å². The molecule has 2 aromatic rings. The van der Waals surface area contributed by atoms with Crippen molar-refractivity contribution in [2.75, 3.05) is 18.5 Å². The fraction of sp³-hybridized carbons (Fsp3) is 0.667. The predicted octanol–water partition coefficient (Wildman–Crippen LogP) is 2.91. The number of nitrogens with zero attached hydrogens (tertiary/aromatic N) is 3. The van der Waals surface area contributed by atoms with Crippen molar-refractivity contribution in [3.8, 4) is 0 Å². The Balaban J connectivity index is 1.86. The maximum atomic E-state index is 6.02. The van der Waals surface area contributed by atoms with Crippen molar-refractivity contribution < 1.29 is 0 Å². The van der Waals surface area contributed by atoms with E-state index in [2.05, 4.69) is 34.8 Å². The fourth-order valence-corrected chi connectivity index (χ4v) is 4.02. The molecule has 1 fully saturated rings. The van der Waals surface area contributed by atoms with Crippen LogP contribution in [0.1, 0.15) is 38.3 Å². The molecule has 0 spiro atoms. The Bertz CT molecular complexity index is 565. The number of aromatic nitrogens is 2. The zero-order valence-electron chi connectivity index (χ0n) is 12.4. The molecule has 110 valence electrons. The van der Waals surface area contributed by atoms with Crippen molar-refractivity contribution in [1.82, 2.24) is 9.38 Å². The van der Waals surface area contributed by atoms with Gasteiger partial charge in [-0.2, -0.15) is 0 Å². The van der Waals surface area contributed by atoms with Crippen molar-refractivity contribution in [2.24, 2.45) is 11.7 Å². The van der Waals surface area contributed by atoms with Crippen molar-refractivity contribution in [1.29, 1.82) is 0 Å². The van der Waals surface area contributed by atoms with Crippen LogP contribution in [0.15, 0.2) is 11.6 Å². The summed E-state index contributed by atoms with van der Waals surface area (Å²) in [5.41, 5.74) is 7.28. The first-order valence-electron chi connectivity index (χ1n) is 7.56. The second-order valence-corrected chi connectivity index (χ2v) is 7.02. The van der Waals surface area contributed by atoms with E-state index in [-0.39, 0.29) is 6.04 Å². The van der Waals surface area contributed by atoms with E-state index in [1.54, 1.807) is 11.3 Å². The molecule has 1 aliphatic carbocycles. The summed E-state index contributed by atoms with van der Waals surface area (Å²) in [4.78, 5) is 8.24. The number of hydrogen-bond donors (Lipinski definition) is 1. The van der Waals surface area contributed by atoms with Gasteiger partial charge in [-0.1, -0.05) is 12.8 Å². The Hall–Kier alpha value is -1.07. The van der Waals surface area contributed by atoms with Crippen molar-refractivity contribution >= 4 is 22.1 Å². The van der Waals surface area contributed by atoms with Gasteiger partial charge in [0.05, 0.1) is 5.69 Å². The first-order chi connectivity index (χ1) is 9.65. The Morgan fingerprint density at radius 1 is 1.50 bits per heavy atom. The number of imidazole rings is 1. The number of fused-ring (bicyclic) bond motifs is 1. The number of nitrogens with two attached hydrogens (primary N) is 1. The highest BCUT2D eigenvalue weighted by Crippen LogP contribution is 2.29. The van der Waals surface area contributed by atoms with Gasteiger partial charge in [-0.25, -0.2) is 4.98 Å². The topological polar surface area (TPSA) is 46.6 Å². The molecular formula is C15H24N4S. The molecule has 1 unspecified atom stereocenters. The van der Waals surface area contributed by atoms with Gasteiger partial charge in [-0.05, 0) is 25.7 Å². The van der Waals surface area contributed by atoms with Gasteiger partial charge in [0.15, 0.2) is 10.8 Å². The number of anilines is 1. The van der Waals surface area contributed by atoms with Crippen molar-refractivity contribution in [3.63, 3.8) is 0 Å². The summed E-state index contributed by atoms with van der Waals surface area (Å²) in [6.45, 7) is 3.18. The van der Waals surface area contributed by atoms with Crippen LogP contribution in [0.25, 0.3) is 4.96 Å². The molecular weight excluding hydrogens is 268 g/mol. The highest BCUT2D eigenvalue weighted by Gasteiger charge is 2.22. The predicted molar refractivity (Wildman–Crippen MR) is 85.7 cm³/mol. The molecule has 4 nitrogen and oxygen atoms in total. The smallest absolute Gasteiger partial charge is 0.195 e. The van der Waals surface area contributed by atoms with Crippen molar-refractivity contribution in [2.45, 2.75) is 45.1 Å². The van der Waals surface area contributed by atoms with Gasteiger partial charge in [0, 0.05) is 37.6 Å². The highest BCUT2D eigenvalue weighted by molar-refractivity contribution is 7.15. The molecule has 20 heavy (non-hydrogen) atoms. The quantitative estimate of drug-likeness (QED) is 0.921. The van der Waals surface area contributed by atoms with Crippen LogP contribution in [0.2, 0.25) is 0 Å². The van der Waals surface area contributed by atoms with Gasteiger partial charge in [0.1, 0.15) is 0 Å². The normalized spacial score (nSPS) is 17.9. The molecule has 0 amide bonds. The lowest BCUT2D eigenvalue weighted by Crippen LogP contribution is -2.27. The summed E-state index contributed by atoms with van der Waals surface area (Å²) >= 11 is 1.69. The van der Waals surface area contributed by atoms with E-state index in [9.17, 15) is 0 Å². The van der Waals surface area contributed by atoms with Crippen LogP contribution in [-0.2, 0) is 6.42 Å². The standard InChI is InChI=1S/C15H24N4S/c1-11(16)9-13-14(17-15-19(13)7-8-20-15)18(2)10-12-5-3-4-6-12/h7-8,11-12H,3-6,9-10,16H2,1-2H3. The zero-order chi connectivity index (χ0) is 14.1. The lowest BCUT2D eigenvalue weighted by atomic mass is 10.1. The Morgan fingerprint density at radius 3 is 2.95 bits per heavy atom. The average Bonchev–Trinajstić information content (AvgIpc) is 3.06. The van der Waals surface area contributed by atoms with E-state index in [0.717, 1.165) is 29.7 Å². The first-order valence-corrected chi connectivity index (χ1v) is 8.44. The van der Waals surface area contributed by atoms with Crippen LogP contribution in [0.5, 0.6) is 0 Å². The van der Waals surface area contributed by atoms with Crippen LogP contribution in [-0.4, -0.2) is 29.0 Å². The third-order valence-electron chi connectivity index (χ3n) is 4.22. The molecule has 3 rings (SSSR count). The van der Waals surface area contributed by atoms with Crippen molar-refractivity contribution in [3.05, 3.63) is 17.3 Å². The summed E-state index contributed by atoms with van der Waals surface area (Å²) in [7, 11) is 2.18. The second kappa shape index (κ2) is 5.74. The second-order valence-electron chi connectivity index (χ2n) is 6.15. The molecule has 5 heteroatoms. The molecule has 1 saturated carbocycles. The minimum Gasteiger partial charge on any atom is -0.358 e. The summed E-state index contributed by atoms with van der Waals surface area (Å²) in [6, 6.07) is 0.161. The van der Waals surface area contributed by atoms with Crippen LogP contribution in [0.4, 0.5) is 5.82 Å². The van der Waals surface area contributed by atoms with Gasteiger partial charge < -0.3 is 10.6 Å². The van der Waals surface area contributed by atoms with Crippen LogP contribution >= 0.6 is 11.3 Å². The number of hydrogen-bond acceptors (Lipinski definition) is 4. The van der Waals surface area contributed by atoms with Gasteiger partial charge in [0.2, 0.25) is 0 Å². The largest absolute Gasteiger partial charge is 0.358 e. The first kappa shape index (κ1) is 13.9. The minimum atomic E-state index is 0.161. The molecule has 0 bridgehead atoms. The van der Waals surface area contributed by atoms with E-state index >= 15 is 0 Å². The zero-order valence-corrected chi connectivity index (χ0v) is 13.2. The average molecular weight is 292 g/mol. The maximum absolute atomic E-state index is 6.02. The molecule has 2 N–H and O–H groups in total. The van der Waals surface area contributed by atoms with Gasteiger partial charge in [-0.3, -0.25) is 4.40 Å². The third kappa shape index (κ3) is 2.69. The molecule has 0 radical (unpaired) electrons. The third-order valence-corrected chi connectivity index (χ3v) is 4.98. The maximum Gasteiger partial charge on any atom is 0.195 e. The molecule has 2 heterocycles. The lowest BCUT2D eigenvalue weighted by Gasteiger charge is -2.22. The number of rotatable bonds is 5. The number of thiazole rings is 1. The molecule has 0 aromatic carbocycles. The summed E-state index contributed by atoms with van der Waals surface area (Å²) in [5, 5.41) is 2.09. The van der Waals surface area contributed by atoms with E-state index in [1.165, 1.54) is 31.4 Å². The Labute approximate surface area is 124 Å². The van der Waals surface area contributed by atoms with E-state index in [1.807, 2.05) is 0 Å². The summed E-state index contributed by atoms with van der Waals surface area (Å²) in [5.74, 6) is 1.96. The highest BCUT2D eigenvalue weighted by atomic mass is 32.1. The summed E-state index contributed by atoms with van der Waals surface area (Å²) in [6.07, 6.45) is 8.51. The molecule has 1 aliphatic rings. The van der Waals surface area contributed by atoms with Gasteiger partial charge >= 0.3 is 0 Å². The molecule has 2 aromatic heterocycles. The Morgan fingerprint density at radius 2 is 2.25 bits per heavy atom. The Kier molecular flexibility index (Phi) is 3.98. The molecule has 0 saturated heterocycles.